The van der Waals surface area contributed by atoms with Crippen molar-refractivity contribution in [2.45, 2.75) is 13.3 Å². The lowest BCUT2D eigenvalue weighted by Gasteiger charge is -2.29. The maximum absolute atomic E-state index is 11.7. The largest absolute Gasteiger partial charge is 0.478 e. The molecule has 5 nitrogen and oxygen atoms in total. The summed E-state index contributed by atoms with van der Waals surface area (Å²) < 4.78 is 0. The van der Waals surface area contributed by atoms with Crippen molar-refractivity contribution in [1.29, 1.82) is 0 Å². The molecule has 17 heavy (non-hydrogen) atoms. The van der Waals surface area contributed by atoms with E-state index in [1.807, 2.05) is 0 Å². The fourth-order valence-corrected chi connectivity index (χ4v) is 2.01. The van der Waals surface area contributed by atoms with E-state index in [-0.39, 0.29) is 11.6 Å². The van der Waals surface area contributed by atoms with Crippen LogP contribution in [0.15, 0.2) is 18.2 Å². The average molecular weight is 234 g/mol. The summed E-state index contributed by atoms with van der Waals surface area (Å²) in [6.07, 6.45) is 0.864. The fraction of sp³-hybridized carbons (Fsp3) is 0.333. The first-order valence-corrected chi connectivity index (χ1v) is 5.49. The van der Waals surface area contributed by atoms with Crippen LogP contribution in [0.1, 0.15) is 22.3 Å². The van der Waals surface area contributed by atoms with Crippen LogP contribution in [0.25, 0.3) is 0 Å². The lowest BCUT2D eigenvalue weighted by molar-refractivity contribution is 0.0696. The number of nitrogens with zero attached hydrogens (tertiary/aromatic N) is 1. The molecule has 1 saturated heterocycles. The quantitative estimate of drug-likeness (QED) is 0.816. The molecule has 0 aromatic heterocycles. The van der Waals surface area contributed by atoms with Gasteiger partial charge in [-0.1, -0.05) is 6.07 Å². The zero-order valence-electron chi connectivity index (χ0n) is 9.56. The van der Waals surface area contributed by atoms with E-state index in [2.05, 4.69) is 5.32 Å². The molecule has 90 valence electrons. The Kier molecular flexibility index (Phi) is 2.99. The predicted molar refractivity (Wildman–Crippen MR) is 63.5 cm³/mol. The highest BCUT2D eigenvalue weighted by atomic mass is 16.4. The highest BCUT2D eigenvalue weighted by Crippen LogP contribution is 2.24. The number of carboxylic acid groups (broad SMARTS) is 1. The van der Waals surface area contributed by atoms with Crippen molar-refractivity contribution in [3.05, 3.63) is 29.3 Å². The van der Waals surface area contributed by atoms with Crippen LogP contribution in [-0.2, 0) is 0 Å². The van der Waals surface area contributed by atoms with Crippen LogP contribution in [0, 0.1) is 6.92 Å². The van der Waals surface area contributed by atoms with E-state index in [4.69, 9.17) is 5.11 Å². The molecule has 1 aliphatic rings. The molecular formula is C12H14N2O3. The van der Waals surface area contributed by atoms with Crippen LogP contribution in [0.2, 0.25) is 0 Å². The van der Waals surface area contributed by atoms with Gasteiger partial charge in [0.1, 0.15) is 0 Å². The highest BCUT2D eigenvalue weighted by molar-refractivity contribution is 5.97. The zero-order valence-corrected chi connectivity index (χ0v) is 9.56. The molecule has 5 heteroatoms. The number of carboxylic acids is 1. The lowest BCUT2D eigenvalue weighted by atomic mass is 10.1. The summed E-state index contributed by atoms with van der Waals surface area (Å²) >= 11 is 0. The first-order valence-electron chi connectivity index (χ1n) is 5.49. The third-order valence-corrected chi connectivity index (χ3v) is 2.91. The number of nitrogens with one attached hydrogen (secondary N) is 1. The molecular weight excluding hydrogens is 220 g/mol. The van der Waals surface area contributed by atoms with Crippen LogP contribution in [0.3, 0.4) is 0 Å². The number of carbonyl (C=O) groups is 2. The molecule has 1 aromatic carbocycles. The Bertz CT molecular complexity index is 471. The number of aromatic carboxylic acids is 1. The molecule has 0 unspecified atom stereocenters. The number of carbonyl (C=O) groups excluding carboxylic acids is 1. The molecule has 1 aromatic rings. The van der Waals surface area contributed by atoms with Gasteiger partial charge in [-0.2, -0.15) is 0 Å². The van der Waals surface area contributed by atoms with Gasteiger partial charge in [0, 0.05) is 18.8 Å². The van der Waals surface area contributed by atoms with E-state index < -0.39 is 5.97 Å². The Balaban J connectivity index is 2.41. The zero-order chi connectivity index (χ0) is 12.4. The van der Waals surface area contributed by atoms with Crippen LogP contribution >= 0.6 is 0 Å². The minimum atomic E-state index is -0.971. The minimum absolute atomic E-state index is 0.165. The first-order chi connectivity index (χ1) is 8.11. The molecule has 0 atom stereocenters. The molecule has 1 heterocycles. The summed E-state index contributed by atoms with van der Waals surface area (Å²) in [5.41, 5.74) is 1.53. The van der Waals surface area contributed by atoms with Crippen molar-refractivity contribution in [3.63, 3.8) is 0 Å². The second-order valence-electron chi connectivity index (χ2n) is 3.99. The van der Waals surface area contributed by atoms with E-state index in [1.54, 1.807) is 30.0 Å². The topological polar surface area (TPSA) is 69.6 Å². The van der Waals surface area contributed by atoms with Gasteiger partial charge in [-0.05, 0) is 31.0 Å². The van der Waals surface area contributed by atoms with E-state index in [0.717, 1.165) is 6.42 Å². The number of hydrogen-bond donors (Lipinski definition) is 2. The second kappa shape index (κ2) is 4.45. The van der Waals surface area contributed by atoms with Crippen LogP contribution in [0.5, 0.6) is 0 Å². The third-order valence-electron chi connectivity index (χ3n) is 2.91. The normalized spacial score (nSPS) is 15.6. The maximum Gasteiger partial charge on any atom is 0.336 e. The number of rotatable bonds is 2. The molecule has 1 aliphatic heterocycles. The van der Waals surface area contributed by atoms with Crippen molar-refractivity contribution < 1.29 is 14.7 Å². The predicted octanol–water partition coefficient (Wildman–Crippen LogP) is 1.61. The third kappa shape index (κ3) is 2.08. The van der Waals surface area contributed by atoms with Crippen LogP contribution < -0.4 is 10.2 Å². The van der Waals surface area contributed by atoms with Gasteiger partial charge in [0.15, 0.2) is 0 Å². The van der Waals surface area contributed by atoms with Crippen molar-refractivity contribution >= 4 is 17.7 Å². The Morgan fingerprint density at radius 2 is 2.24 bits per heavy atom. The Labute approximate surface area is 99.0 Å². The average Bonchev–Trinajstić information content (AvgIpc) is 2.30. The van der Waals surface area contributed by atoms with Crippen molar-refractivity contribution in [2.24, 2.45) is 0 Å². The minimum Gasteiger partial charge on any atom is -0.478 e. The van der Waals surface area contributed by atoms with E-state index in [1.165, 1.54) is 0 Å². The number of amides is 2. The molecule has 2 N–H and O–H groups in total. The lowest BCUT2D eigenvalue weighted by Crippen LogP contribution is -2.46. The van der Waals surface area contributed by atoms with Crippen LogP contribution in [-0.4, -0.2) is 30.2 Å². The van der Waals surface area contributed by atoms with E-state index >= 15 is 0 Å². The standard InChI is InChI=1S/C12H14N2O3/c1-8-9(11(15)16)4-2-5-10(8)14-7-3-6-13-12(14)17/h2,4-5H,3,6-7H2,1H3,(H,13,17)(H,15,16). The van der Waals surface area contributed by atoms with E-state index in [9.17, 15) is 9.59 Å². The summed E-state index contributed by atoms with van der Waals surface area (Å²) in [6.45, 7) is 3.02. The summed E-state index contributed by atoms with van der Waals surface area (Å²) in [5.74, 6) is -0.971. The van der Waals surface area contributed by atoms with Gasteiger partial charge < -0.3 is 10.4 Å². The highest BCUT2D eigenvalue weighted by Gasteiger charge is 2.22. The summed E-state index contributed by atoms with van der Waals surface area (Å²) in [7, 11) is 0. The molecule has 0 radical (unpaired) electrons. The molecule has 0 spiro atoms. The Morgan fingerprint density at radius 1 is 1.47 bits per heavy atom. The number of anilines is 1. The molecule has 2 amide bonds. The van der Waals surface area contributed by atoms with Gasteiger partial charge in [0.25, 0.3) is 0 Å². The molecule has 0 aliphatic carbocycles. The van der Waals surface area contributed by atoms with Gasteiger partial charge in [0.05, 0.1) is 5.56 Å². The monoisotopic (exact) mass is 234 g/mol. The first kappa shape index (κ1) is 11.4. The molecule has 1 fully saturated rings. The summed E-state index contributed by atoms with van der Waals surface area (Å²) in [4.78, 5) is 24.3. The number of benzene rings is 1. The van der Waals surface area contributed by atoms with Gasteiger partial charge in [-0.15, -0.1) is 0 Å². The fourth-order valence-electron chi connectivity index (χ4n) is 2.01. The summed E-state index contributed by atoms with van der Waals surface area (Å²) in [5, 5.41) is 11.8. The molecule has 2 rings (SSSR count). The van der Waals surface area contributed by atoms with Crippen molar-refractivity contribution in [2.75, 3.05) is 18.0 Å². The van der Waals surface area contributed by atoms with Crippen LogP contribution in [0.4, 0.5) is 10.5 Å². The molecule has 0 saturated carbocycles. The summed E-state index contributed by atoms with van der Waals surface area (Å²) in [6, 6.07) is 4.81. The van der Waals surface area contributed by atoms with Crippen molar-refractivity contribution in [1.82, 2.24) is 5.32 Å². The van der Waals surface area contributed by atoms with E-state index in [0.29, 0.717) is 24.3 Å². The Morgan fingerprint density at radius 3 is 2.88 bits per heavy atom. The van der Waals surface area contributed by atoms with Gasteiger partial charge in [-0.3, -0.25) is 4.90 Å². The van der Waals surface area contributed by atoms with Gasteiger partial charge in [0.2, 0.25) is 0 Å². The van der Waals surface area contributed by atoms with Gasteiger partial charge in [-0.25, -0.2) is 9.59 Å². The smallest absolute Gasteiger partial charge is 0.336 e. The van der Waals surface area contributed by atoms with Crippen molar-refractivity contribution in [3.8, 4) is 0 Å². The Hall–Kier alpha value is -2.04. The van der Waals surface area contributed by atoms with Gasteiger partial charge >= 0.3 is 12.0 Å². The second-order valence-corrected chi connectivity index (χ2v) is 3.99. The number of hydrogen-bond acceptors (Lipinski definition) is 2. The SMILES string of the molecule is Cc1c(C(=O)O)cccc1N1CCCNC1=O. The molecule has 0 bridgehead atoms. The number of urea groups is 1. The maximum atomic E-state index is 11.7.